The van der Waals surface area contributed by atoms with E-state index in [1.54, 1.807) is 17.1 Å². The van der Waals surface area contributed by atoms with Gasteiger partial charge >= 0.3 is 0 Å². The van der Waals surface area contributed by atoms with Gasteiger partial charge in [-0.3, -0.25) is 0 Å². The molecule has 90 valence electrons. The zero-order chi connectivity index (χ0) is 12.3. The number of aromatic nitrogens is 3. The van der Waals surface area contributed by atoms with Crippen LogP contribution in [-0.4, -0.2) is 20.8 Å². The molecule has 0 saturated carbocycles. The molecule has 0 spiro atoms. The minimum atomic E-state index is -0.268. The van der Waals surface area contributed by atoms with Crippen molar-refractivity contribution in [1.29, 1.82) is 0 Å². The number of rotatable bonds is 4. The lowest BCUT2D eigenvalue weighted by Gasteiger charge is -2.23. The van der Waals surface area contributed by atoms with E-state index in [-0.39, 0.29) is 17.9 Å². The Hall–Kier alpha value is -1.75. The summed E-state index contributed by atoms with van der Waals surface area (Å²) in [5, 5.41) is 4.09. The van der Waals surface area contributed by atoms with Gasteiger partial charge in [-0.25, -0.2) is 14.1 Å². The van der Waals surface area contributed by atoms with Gasteiger partial charge in [0.2, 0.25) is 0 Å². The number of hydrogen-bond acceptors (Lipinski definition) is 3. The summed E-state index contributed by atoms with van der Waals surface area (Å²) < 4.78 is 14.9. The number of nitrogens with zero attached hydrogens (tertiary/aromatic N) is 3. The Labute approximate surface area is 99.3 Å². The van der Waals surface area contributed by atoms with Crippen LogP contribution in [0.5, 0.6) is 0 Å². The summed E-state index contributed by atoms with van der Waals surface area (Å²) in [6, 6.07) is 6.13. The third kappa shape index (κ3) is 2.50. The maximum atomic E-state index is 13.3. The van der Waals surface area contributed by atoms with Crippen molar-refractivity contribution in [2.75, 3.05) is 0 Å². The highest BCUT2D eigenvalue weighted by Gasteiger charge is 2.21. The minimum Gasteiger partial charge on any atom is -0.326 e. The first-order valence-electron chi connectivity index (χ1n) is 5.57. The van der Waals surface area contributed by atoms with Gasteiger partial charge in [-0.15, -0.1) is 0 Å². The molecule has 2 rings (SSSR count). The van der Waals surface area contributed by atoms with Crippen LogP contribution in [0.3, 0.4) is 0 Å². The zero-order valence-corrected chi connectivity index (χ0v) is 9.62. The Kier molecular flexibility index (Phi) is 3.49. The van der Waals surface area contributed by atoms with Gasteiger partial charge in [-0.2, -0.15) is 5.10 Å². The molecule has 5 heteroatoms. The van der Waals surface area contributed by atoms with Gasteiger partial charge in [0.1, 0.15) is 18.5 Å². The highest BCUT2D eigenvalue weighted by atomic mass is 19.1. The molecule has 2 aromatic rings. The number of benzene rings is 1. The lowest BCUT2D eigenvalue weighted by molar-refractivity contribution is 0.421. The average molecular weight is 234 g/mol. The summed E-state index contributed by atoms with van der Waals surface area (Å²) in [5.41, 5.74) is 6.89. The first-order chi connectivity index (χ1) is 8.22. The van der Waals surface area contributed by atoms with Crippen molar-refractivity contribution in [2.24, 2.45) is 5.73 Å². The standard InChI is InChI=1S/C12H15FN4/c1-2-11(14)12(17-8-15-7-16-17)9-4-3-5-10(13)6-9/h3-8,11-12H,2,14H2,1H3. The second-order valence-electron chi connectivity index (χ2n) is 3.95. The van der Waals surface area contributed by atoms with Gasteiger partial charge in [0, 0.05) is 6.04 Å². The first-order valence-corrected chi connectivity index (χ1v) is 5.57. The van der Waals surface area contributed by atoms with E-state index < -0.39 is 0 Å². The average Bonchev–Trinajstić information content (AvgIpc) is 2.83. The lowest BCUT2D eigenvalue weighted by Crippen LogP contribution is -2.32. The Morgan fingerprint density at radius 2 is 2.29 bits per heavy atom. The molecule has 0 aliphatic rings. The van der Waals surface area contributed by atoms with E-state index in [0.717, 1.165) is 12.0 Å². The molecule has 0 bridgehead atoms. The second-order valence-corrected chi connectivity index (χ2v) is 3.95. The lowest BCUT2D eigenvalue weighted by atomic mass is 9.98. The second kappa shape index (κ2) is 5.05. The van der Waals surface area contributed by atoms with E-state index in [0.29, 0.717) is 0 Å². The van der Waals surface area contributed by atoms with Crippen molar-refractivity contribution in [3.05, 3.63) is 48.3 Å². The third-order valence-corrected chi connectivity index (χ3v) is 2.79. The van der Waals surface area contributed by atoms with Crippen molar-refractivity contribution in [3.63, 3.8) is 0 Å². The fraction of sp³-hybridized carbons (Fsp3) is 0.333. The van der Waals surface area contributed by atoms with Gasteiger partial charge in [-0.1, -0.05) is 19.1 Å². The first kappa shape index (κ1) is 11.7. The smallest absolute Gasteiger partial charge is 0.137 e. The molecule has 17 heavy (non-hydrogen) atoms. The Morgan fingerprint density at radius 3 is 2.88 bits per heavy atom. The largest absolute Gasteiger partial charge is 0.326 e. The maximum absolute atomic E-state index is 13.3. The van der Waals surface area contributed by atoms with Crippen LogP contribution >= 0.6 is 0 Å². The molecule has 0 aliphatic carbocycles. The zero-order valence-electron chi connectivity index (χ0n) is 9.62. The summed E-state index contributed by atoms with van der Waals surface area (Å²) in [4.78, 5) is 3.91. The molecule has 4 nitrogen and oxygen atoms in total. The van der Waals surface area contributed by atoms with Crippen LogP contribution in [0.2, 0.25) is 0 Å². The van der Waals surface area contributed by atoms with Crippen molar-refractivity contribution < 1.29 is 4.39 Å². The van der Waals surface area contributed by atoms with Crippen molar-refractivity contribution >= 4 is 0 Å². The fourth-order valence-corrected chi connectivity index (χ4v) is 1.87. The van der Waals surface area contributed by atoms with E-state index in [1.165, 1.54) is 18.5 Å². The Bertz CT molecular complexity index is 469. The van der Waals surface area contributed by atoms with Crippen LogP contribution in [0.25, 0.3) is 0 Å². The van der Waals surface area contributed by atoms with E-state index in [4.69, 9.17) is 5.73 Å². The summed E-state index contributed by atoms with van der Waals surface area (Å²) in [6.07, 6.45) is 3.83. The third-order valence-electron chi connectivity index (χ3n) is 2.79. The molecule has 1 aromatic carbocycles. The highest BCUT2D eigenvalue weighted by Crippen LogP contribution is 2.22. The summed E-state index contributed by atoms with van der Waals surface area (Å²) in [6.45, 7) is 1.99. The van der Waals surface area contributed by atoms with E-state index in [1.807, 2.05) is 13.0 Å². The number of halogens is 1. The summed E-state index contributed by atoms with van der Waals surface area (Å²) in [7, 11) is 0. The predicted molar refractivity (Wildman–Crippen MR) is 62.8 cm³/mol. The quantitative estimate of drug-likeness (QED) is 0.876. The summed E-state index contributed by atoms with van der Waals surface area (Å²) in [5.74, 6) is -0.268. The monoisotopic (exact) mass is 234 g/mol. The SMILES string of the molecule is CCC(N)C(c1cccc(F)c1)n1cncn1. The maximum Gasteiger partial charge on any atom is 0.137 e. The Balaban J connectivity index is 2.40. The molecule has 0 radical (unpaired) electrons. The van der Waals surface area contributed by atoms with Crippen LogP contribution in [0.4, 0.5) is 4.39 Å². The molecular formula is C12H15FN4. The van der Waals surface area contributed by atoms with Gasteiger partial charge in [0.25, 0.3) is 0 Å². The number of hydrogen-bond donors (Lipinski definition) is 1. The molecule has 0 saturated heterocycles. The molecule has 1 aromatic heterocycles. The van der Waals surface area contributed by atoms with Gasteiger partial charge in [0.15, 0.2) is 0 Å². The molecule has 0 fully saturated rings. The van der Waals surface area contributed by atoms with Gasteiger partial charge in [0.05, 0.1) is 6.04 Å². The van der Waals surface area contributed by atoms with Crippen LogP contribution in [-0.2, 0) is 0 Å². The van der Waals surface area contributed by atoms with Crippen molar-refractivity contribution in [2.45, 2.75) is 25.4 Å². The highest BCUT2D eigenvalue weighted by molar-refractivity contribution is 5.22. The van der Waals surface area contributed by atoms with Crippen LogP contribution in [0.15, 0.2) is 36.9 Å². The van der Waals surface area contributed by atoms with E-state index in [2.05, 4.69) is 10.1 Å². The molecule has 0 amide bonds. The van der Waals surface area contributed by atoms with E-state index in [9.17, 15) is 4.39 Å². The van der Waals surface area contributed by atoms with Gasteiger partial charge < -0.3 is 5.73 Å². The predicted octanol–water partition coefficient (Wildman–Crippen LogP) is 1.74. The molecule has 0 aliphatic heterocycles. The molecule has 2 N–H and O–H groups in total. The molecular weight excluding hydrogens is 219 g/mol. The van der Waals surface area contributed by atoms with Crippen LogP contribution in [0, 0.1) is 5.82 Å². The van der Waals surface area contributed by atoms with E-state index >= 15 is 0 Å². The fourth-order valence-electron chi connectivity index (χ4n) is 1.87. The van der Waals surface area contributed by atoms with Crippen molar-refractivity contribution in [1.82, 2.24) is 14.8 Å². The summed E-state index contributed by atoms with van der Waals surface area (Å²) >= 11 is 0. The molecule has 2 unspecified atom stereocenters. The minimum absolute atomic E-state index is 0.126. The van der Waals surface area contributed by atoms with Gasteiger partial charge in [-0.05, 0) is 24.1 Å². The normalized spacial score (nSPS) is 14.5. The van der Waals surface area contributed by atoms with Crippen LogP contribution < -0.4 is 5.73 Å². The topological polar surface area (TPSA) is 56.7 Å². The van der Waals surface area contributed by atoms with Crippen molar-refractivity contribution in [3.8, 4) is 0 Å². The molecule has 1 heterocycles. The van der Waals surface area contributed by atoms with Crippen LogP contribution in [0.1, 0.15) is 24.9 Å². The molecule has 2 atom stereocenters. The Morgan fingerprint density at radius 1 is 1.47 bits per heavy atom. The number of nitrogens with two attached hydrogens (primary N) is 1.